The van der Waals surface area contributed by atoms with Crippen LogP contribution in [0.25, 0.3) is 16.7 Å². The number of benzene rings is 3. The van der Waals surface area contributed by atoms with Gasteiger partial charge in [0.2, 0.25) is 0 Å². The van der Waals surface area contributed by atoms with E-state index in [1.807, 2.05) is 42.5 Å². The zero-order chi connectivity index (χ0) is 23.7. The number of aryl methyl sites for hydroxylation is 1. The fourth-order valence-electron chi connectivity index (χ4n) is 4.52. The summed E-state index contributed by atoms with van der Waals surface area (Å²) < 4.78 is 0. The first-order valence-electron chi connectivity index (χ1n) is 11.6. The highest BCUT2D eigenvalue weighted by atomic mass is 16.2. The Morgan fingerprint density at radius 2 is 1.56 bits per heavy atom. The SMILES string of the molecule is Cc1ccccc1-c1ccc2c(c1)C(=CNc1ccc(N3CCN(C)CC3)cc1)C(=O)NC2=O. The number of likely N-dealkylation sites (N-methyl/N-ethyl adjacent to an activating group) is 1. The number of imide groups is 1. The van der Waals surface area contributed by atoms with Crippen molar-refractivity contribution in [3.8, 4) is 11.1 Å². The van der Waals surface area contributed by atoms with Crippen molar-refractivity contribution in [3.63, 3.8) is 0 Å². The van der Waals surface area contributed by atoms with Crippen molar-refractivity contribution in [2.75, 3.05) is 43.4 Å². The predicted molar refractivity (Wildman–Crippen MR) is 137 cm³/mol. The van der Waals surface area contributed by atoms with Crippen LogP contribution in [0.4, 0.5) is 11.4 Å². The van der Waals surface area contributed by atoms with Crippen LogP contribution in [0.3, 0.4) is 0 Å². The van der Waals surface area contributed by atoms with Gasteiger partial charge in [0.05, 0.1) is 5.57 Å². The van der Waals surface area contributed by atoms with Crippen molar-refractivity contribution in [1.29, 1.82) is 0 Å². The number of carbonyl (C=O) groups is 2. The first-order valence-corrected chi connectivity index (χ1v) is 11.6. The molecule has 0 atom stereocenters. The molecule has 34 heavy (non-hydrogen) atoms. The van der Waals surface area contributed by atoms with E-state index in [2.05, 4.69) is 52.6 Å². The third-order valence-corrected chi connectivity index (χ3v) is 6.60. The molecule has 0 spiro atoms. The van der Waals surface area contributed by atoms with Gasteiger partial charge in [0.15, 0.2) is 0 Å². The van der Waals surface area contributed by atoms with Crippen LogP contribution in [0.15, 0.2) is 72.9 Å². The van der Waals surface area contributed by atoms with Gasteiger partial charge in [0, 0.05) is 54.9 Å². The van der Waals surface area contributed by atoms with Crippen LogP contribution in [0, 0.1) is 6.92 Å². The molecule has 0 aromatic heterocycles. The fraction of sp³-hybridized carbons (Fsp3) is 0.214. The van der Waals surface area contributed by atoms with Crippen molar-refractivity contribution in [1.82, 2.24) is 10.2 Å². The zero-order valence-corrected chi connectivity index (χ0v) is 19.5. The number of hydrogen-bond donors (Lipinski definition) is 2. The van der Waals surface area contributed by atoms with Gasteiger partial charge in [-0.3, -0.25) is 14.9 Å². The molecule has 2 aliphatic rings. The Hall–Kier alpha value is -3.90. The van der Waals surface area contributed by atoms with Crippen LogP contribution in [-0.2, 0) is 4.79 Å². The second-order valence-electron chi connectivity index (χ2n) is 8.90. The maximum absolute atomic E-state index is 12.7. The van der Waals surface area contributed by atoms with Gasteiger partial charge in [0.25, 0.3) is 11.8 Å². The first-order chi connectivity index (χ1) is 16.5. The summed E-state index contributed by atoms with van der Waals surface area (Å²) in [6, 6.07) is 22.0. The third kappa shape index (κ3) is 4.32. The molecule has 0 aliphatic carbocycles. The lowest BCUT2D eigenvalue weighted by atomic mass is 9.90. The smallest absolute Gasteiger partial charge is 0.260 e. The summed E-state index contributed by atoms with van der Waals surface area (Å²) in [5.41, 5.74) is 6.84. The minimum Gasteiger partial charge on any atom is -0.369 e. The van der Waals surface area contributed by atoms with Gasteiger partial charge in [-0.15, -0.1) is 0 Å². The van der Waals surface area contributed by atoms with Gasteiger partial charge >= 0.3 is 0 Å². The summed E-state index contributed by atoms with van der Waals surface area (Å²) in [7, 11) is 2.15. The van der Waals surface area contributed by atoms with Crippen LogP contribution in [0.5, 0.6) is 0 Å². The van der Waals surface area contributed by atoms with Crippen LogP contribution in [-0.4, -0.2) is 49.9 Å². The molecule has 3 aromatic rings. The Morgan fingerprint density at radius 1 is 0.824 bits per heavy atom. The van der Waals surface area contributed by atoms with E-state index in [0.717, 1.165) is 48.6 Å². The second-order valence-corrected chi connectivity index (χ2v) is 8.90. The average molecular weight is 453 g/mol. The van der Waals surface area contributed by atoms with Crippen molar-refractivity contribution in [2.24, 2.45) is 0 Å². The predicted octanol–water partition coefficient (Wildman–Crippen LogP) is 4.14. The fourth-order valence-corrected chi connectivity index (χ4v) is 4.52. The lowest BCUT2D eigenvalue weighted by Crippen LogP contribution is -2.44. The van der Waals surface area contributed by atoms with Gasteiger partial charge in [0.1, 0.15) is 0 Å². The Balaban J connectivity index is 1.41. The van der Waals surface area contributed by atoms with Gasteiger partial charge in [-0.05, 0) is 67.1 Å². The number of anilines is 2. The molecule has 2 N–H and O–H groups in total. The highest BCUT2D eigenvalue weighted by molar-refractivity contribution is 6.31. The quantitative estimate of drug-likeness (QED) is 0.460. The standard InChI is InChI=1S/C28H28N4O2/c1-19-5-3-4-6-23(19)20-7-12-24-25(17-20)26(28(34)30-27(24)33)18-29-21-8-10-22(11-9-21)32-15-13-31(2)14-16-32/h3-12,17-18,29H,13-16H2,1-2H3,(H,30,33,34). The number of fused-ring (bicyclic) bond motifs is 1. The molecule has 0 saturated carbocycles. The number of hydrogen-bond acceptors (Lipinski definition) is 5. The molecule has 5 rings (SSSR count). The Kier molecular flexibility index (Phi) is 5.90. The van der Waals surface area contributed by atoms with Gasteiger partial charge in [-0.2, -0.15) is 0 Å². The van der Waals surface area contributed by atoms with Crippen molar-refractivity contribution >= 4 is 28.8 Å². The maximum atomic E-state index is 12.7. The van der Waals surface area contributed by atoms with Gasteiger partial charge < -0.3 is 15.1 Å². The van der Waals surface area contributed by atoms with E-state index in [0.29, 0.717) is 16.7 Å². The summed E-state index contributed by atoms with van der Waals surface area (Å²) in [6.45, 7) is 6.20. The summed E-state index contributed by atoms with van der Waals surface area (Å²) >= 11 is 0. The molecule has 2 heterocycles. The molecule has 2 aliphatic heterocycles. The molecule has 2 amide bonds. The third-order valence-electron chi connectivity index (χ3n) is 6.60. The van der Waals surface area contributed by atoms with Crippen LogP contribution < -0.4 is 15.5 Å². The van der Waals surface area contributed by atoms with Gasteiger partial charge in [-0.25, -0.2) is 0 Å². The second kappa shape index (κ2) is 9.15. The Bertz CT molecular complexity index is 1270. The molecule has 172 valence electrons. The normalized spacial score (nSPS) is 17.5. The Morgan fingerprint density at radius 3 is 2.29 bits per heavy atom. The number of amides is 2. The van der Waals surface area contributed by atoms with Crippen molar-refractivity contribution in [2.45, 2.75) is 6.92 Å². The number of carbonyl (C=O) groups excluding carboxylic acids is 2. The van der Waals surface area contributed by atoms with E-state index in [9.17, 15) is 9.59 Å². The number of nitrogens with zero attached hydrogens (tertiary/aromatic N) is 2. The lowest BCUT2D eigenvalue weighted by molar-refractivity contribution is -0.114. The topological polar surface area (TPSA) is 64.7 Å². The van der Waals surface area contributed by atoms with E-state index < -0.39 is 5.91 Å². The van der Waals surface area contributed by atoms with E-state index in [-0.39, 0.29) is 5.91 Å². The molecule has 6 heteroatoms. The molecule has 0 unspecified atom stereocenters. The zero-order valence-electron chi connectivity index (χ0n) is 19.5. The van der Waals surface area contributed by atoms with E-state index in [1.165, 1.54) is 5.69 Å². The molecular weight excluding hydrogens is 424 g/mol. The molecule has 3 aromatic carbocycles. The summed E-state index contributed by atoms with van der Waals surface area (Å²) in [4.78, 5) is 29.9. The highest BCUT2D eigenvalue weighted by Crippen LogP contribution is 2.31. The summed E-state index contributed by atoms with van der Waals surface area (Å²) in [5, 5.41) is 5.70. The summed E-state index contributed by atoms with van der Waals surface area (Å²) in [6.07, 6.45) is 1.69. The monoisotopic (exact) mass is 452 g/mol. The minimum atomic E-state index is -0.402. The largest absolute Gasteiger partial charge is 0.369 e. The maximum Gasteiger partial charge on any atom is 0.260 e. The first kappa shape index (κ1) is 21.9. The minimum absolute atomic E-state index is 0.370. The molecular formula is C28H28N4O2. The van der Waals surface area contributed by atoms with Crippen molar-refractivity contribution in [3.05, 3.63) is 89.6 Å². The number of nitrogens with one attached hydrogen (secondary N) is 2. The van der Waals surface area contributed by atoms with Crippen molar-refractivity contribution < 1.29 is 9.59 Å². The summed E-state index contributed by atoms with van der Waals surface area (Å²) in [5.74, 6) is -0.772. The van der Waals surface area contributed by atoms with Crippen LogP contribution >= 0.6 is 0 Å². The molecule has 6 nitrogen and oxygen atoms in total. The molecule has 0 bridgehead atoms. The number of piperazine rings is 1. The molecule has 1 saturated heterocycles. The van der Waals surface area contributed by atoms with Crippen LogP contribution in [0.2, 0.25) is 0 Å². The van der Waals surface area contributed by atoms with E-state index >= 15 is 0 Å². The molecule has 0 radical (unpaired) electrons. The Labute approximate surface area is 199 Å². The van der Waals surface area contributed by atoms with Gasteiger partial charge in [-0.1, -0.05) is 30.3 Å². The van der Waals surface area contributed by atoms with E-state index in [1.54, 1.807) is 12.3 Å². The van der Waals surface area contributed by atoms with E-state index in [4.69, 9.17) is 0 Å². The highest BCUT2D eigenvalue weighted by Gasteiger charge is 2.27. The average Bonchev–Trinajstić information content (AvgIpc) is 2.85. The van der Waals surface area contributed by atoms with Crippen LogP contribution in [0.1, 0.15) is 21.5 Å². The molecule has 1 fully saturated rings. The number of rotatable bonds is 4. The lowest BCUT2D eigenvalue weighted by Gasteiger charge is -2.34.